The average molecular weight is 155 g/mol. The van der Waals surface area contributed by atoms with Crippen molar-refractivity contribution in [2.75, 3.05) is 13.2 Å². The summed E-state index contributed by atoms with van der Waals surface area (Å²) < 4.78 is 8.57. The summed E-state index contributed by atoms with van der Waals surface area (Å²) in [7, 11) is 0. The van der Waals surface area contributed by atoms with Crippen LogP contribution in [-0.2, 0) is 19.1 Å². The van der Waals surface area contributed by atoms with Crippen LogP contribution in [0.1, 0.15) is 0 Å². The van der Waals surface area contributed by atoms with E-state index >= 15 is 0 Å². The molecular formula is C7H7O4. The molecule has 11 heavy (non-hydrogen) atoms. The van der Waals surface area contributed by atoms with Crippen molar-refractivity contribution in [1.82, 2.24) is 0 Å². The van der Waals surface area contributed by atoms with Crippen molar-refractivity contribution in [3.63, 3.8) is 0 Å². The lowest BCUT2D eigenvalue weighted by atomic mass is 10.7. The first-order chi connectivity index (χ1) is 5.16. The van der Waals surface area contributed by atoms with E-state index < -0.39 is 18.5 Å². The van der Waals surface area contributed by atoms with Crippen LogP contribution in [0.4, 0.5) is 0 Å². The Morgan fingerprint density at radius 3 is 2.55 bits per heavy atom. The maximum atomic E-state index is 10.5. The molecule has 0 spiro atoms. The maximum Gasteiger partial charge on any atom is 0.345 e. The van der Waals surface area contributed by atoms with Crippen LogP contribution in [0.25, 0.3) is 0 Å². The Morgan fingerprint density at radius 2 is 2.09 bits per heavy atom. The van der Waals surface area contributed by atoms with E-state index in [0.717, 1.165) is 0 Å². The van der Waals surface area contributed by atoms with Crippen LogP contribution in [0.15, 0.2) is 0 Å². The number of rotatable bonds is 3. The van der Waals surface area contributed by atoms with E-state index in [1.807, 2.05) is 0 Å². The van der Waals surface area contributed by atoms with Crippen molar-refractivity contribution in [2.24, 2.45) is 0 Å². The Balaban J connectivity index is 3.39. The van der Waals surface area contributed by atoms with Crippen LogP contribution >= 0.6 is 0 Å². The van der Waals surface area contributed by atoms with Crippen molar-refractivity contribution in [3.05, 3.63) is 6.92 Å². The second-order valence-corrected chi connectivity index (χ2v) is 1.53. The molecule has 0 aromatic heterocycles. The van der Waals surface area contributed by atoms with Crippen LogP contribution in [0.3, 0.4) is 0 Å². The van der Waals surface area contributed by atoms with Gasteiger partial charge in [-0.05, 0) is 0 Å². The topological polar surface area (TPSA) is 52.6 Å². The van der Waals surface area contributed by atoms with E-state index in [1.165, 1.54) is 0 Å². The van der Waals surface area contributed by atoms with Gasteiger partial charge in [0.05, 0.1) is 6.92 Å². The fourth-order valence-electron chi connectivity index (χ4n) is 0.303. The molecule has 0 atom stereocenters. The zero-order valence-electron chi connectivity index (χ0n) is 5.83. The van der Waals surface area contributed by atoms with E-state index in [2.05, 4.69) is 22.3 Å². The Hall–Kier alpha value is -1.50. The molecule has 4 heteroatoms. The minimum absolute atomic E-state index is 0.118. The quantitative estimate of drug-likeness (QED) is 0.408. The van der Waals surface area contributed by atoms with Crippen LogP contribution in [0, 0.1) is 19.3 Å². The lowest BCUT2D eigenvalue weighted by molar-refractivity contribution is -0.155. The van der Waals surface area contributed by atoms with Gasteiger partial charge in [-0.15, -0.1) is 6.42 Å². The van der Waals surface area contributed by atoms with Gasteiger partial charge >= 0.3 is 11.9 Å². The Kier molecular flexibility index (Phi) is 4.58. The van der Waals surface area contributed by atoms with Gasteiger partial charge in [0.15, 0.2) is 13.2 Å². The predicted molar refractivity (Wildman–Crippen MR) is 36.1 cm³/mol. The lowest BCUT2D eigenvalue weighted by Gasteiger charge is -1.99. The first-order valence-electron chi connectivity index (χ1n) is 2.74. The molecule has 1 radical (unpaired) electrons. The number of terminal acetylenes is 1. The molecule has 0 saturated carbocycles. The van der Waals surface area contributed by atoms with Gasteiger partial charge in [-0.25, -0.2) is 4.79 Å². The van der Waals surface area contributed by atoms with Crippen LogP contribution in [0.2, 0.25) is 0 Å². The van der Waals surface area contributed by atoms with Crippen molar-refractivity contribution in [3.8, 4) is 12.3 Å². The molecule has 0 heterocycles. The molecular weight excluding hydrogens is 148 g/mol. The predicted octanol–water partition coefficient (Wildman–Crippen LogP) is -0.460. The maximum absolute atomic E-state index is 10.5. The Morgan fingerprint density at radius 1 is 1.45 bits per heavy atom. The highest BCUT2D eigenvalue weighted by Gasteiger charge is 2.02. The van der Waals surface area contributed by atoms with E-state index in [4.69, 9.17) is 6.42 Å². The minimum Gasteiger partial charge on any atom is -0.454 e. The molecule has 0 aromatic rings. The van der Waals surface area contributed by atoms with Gasteiger partial charge in [-0.1, -0.05) is 5.92 Å². The zero-order chi connectivity index (χ0) is 8.69. The fraction of sp³-hybridized carbons (Fsp3) is 0.286. The molecule has 0 unspecified atom stereocenters. The largest absolute Gasteiger partial charge is 0.454 e. The standard InChI is InChI=1S/C7H7O4/c1-3-4-10-7(9)5-11-6(2)8/h1H,2,4-5H2. The lowest BCUT2D eigenvalue weighted by Crippen LogP contribution is -2.14. The molecule has 0 bridgehead atoms. The molecule has 0 rings (SSSR count). The van der Waals surface area contributed by atoms with Crippen LogP contribution in [0.5, 0.6) is 0 Å². The number of hydrogen-bond acceptors (Lipinski definition) is 4. The third-order valence-electron chi connectivity index (χ3n) is 0.667. The average Bonchev–Trinajstić information content (AvgIpc) is 1.97. The molecule has 0 aliphatic heterocycles. The van der Waals surface area contributed by atoms with Crippen molar-refractivity contribution < 1.29 is 19.1 Å². The SMILES string of the molecule is C#CCOC(=O)COC([CH2])=O. The van der Waals surface area contributed by atoms with Crippen molar-refractivity contribution in [2.45, 2.75) is 0 Å². The Bertz CT molecular complexity index is 189. The van der Waals surface area contributed by atoms with Gasteiger partial charge in [0, 0.05) is 0 Å². The molecule has 0 aliphatic carbocycles. The first kappa shape index (κ1) is 9.50. The molecule has 0 aliphatic rings. The molecule has 59 valence electrons. The van der Waals surface area contributed by atoms with E-state index in [1.54, 1.807) is 0 Å². The smallest absolute Gasteiger partial charge is 0.345 e. The monoisotopic (exact) mass is 155 g/mol. The van der Waals surface area contributed by atoms with E-state index in [-0.39, 0.29) is 6.61 Å². The Labute approximate surface area is 64.5 Å². The number of carbonyl (C=O) groups excluding carboxylic acids is 2. The molecule has 0 N–H and O–H groups in total. The van der Waals surface area contributed by atoms with Gasteiger partial charge in [0.2, 0.25) is 0 Å². The summed E-state index contributed by atoms with van der Waals surface area (Å²) >= 11 is 0. The highest BCUT2D eigenvalue weighted by molar-refractivity contribution is 5.78. The summed E-state index contributed by atoms with van der Waals surface area (Å²) in [5, 5.41) is 0. The normalized spacial score (nSPS) is 8.00. The third-order valence-corrected chi connectivity index (χ3v) is 0.667. The van der Waals surface area contributed by atoms with Gasteiger partial charge in [0.25, 0.3) is 0 Å². The zero-order valence-corrected chi connectivity index (χ0v) is 5.83. The summed E-state index contributed by atoms with van der Waals surface area (Å²) in [6, 6.07) is 0. The van der Waals surface area contributed by atoms with E-state index in [9.17, 15) is 9.59 Å². The molecule has 0 amide bonds. The fourth-order valence-corrected chi connectivity index (χ4v) is 0.303. The molecule has 0 aromatic carbocycles. The molecule has 0 saturated heterocycles. The van der Waals surface area contributed by atoms with Crippen molar-refractivity contribution >= 4 is 11.9 Å². The van der Waals surface area contributed by atoms with Crippen LogP contribution < -0.4 is 0 Å². The number of ether oxygens (including phenoxy) is 2. The van der Waals surface area contributed by atoms with Gasteiger partial charge in [0.1, 0.15) is 0 Å². The number of hydrogen-bond donors (Lipinski definition) is 0. The molecule has 0 fully saturated rings. The van der Waals surface area contributed by atoms with Gasteiger partial charge in [-0.3, -0.25) is 4.79 Å². The number of carbonyl (C=O) groups is 2. The minimum atomic E-state index is -0.775. The molecule has 4 nitrogen and oxygen atoms in total. The summed E-state index contributed by atoms with van der Waals surface area (Å²) in [5.41, 5.74) is 0. The summed E-state index contributed by atoms with van der Waals surface area (Å²) in [4.78, 5) is 20.5. The highest BCUT2D eigenvalue weighted by Crippen LogP contribution is 1.80. The van der Waals surface area contributed by atoms with E-state index in [0.29, 0.717) is 0 Å². The first-order valence-corrected chi connectivity index (χ1v) is 2.74. The summed E-state index contributed by atoms with van der Waals surface area (Å²) in [6.45, 7) is 2.32. The summed E-state index contributed by atoms with van der Waals surface area (Å²) in [6.07, 6.45) is 4.79. The summed E-state index contributed by atoms with van der Waals surface area (Å²) in [5.74, 6) is 0.631. The van der Waals surface area contributed by atoms with Crippen LogP contribution in [-0.4, -0.2) is 25.2 Å². The second kappa shape index (κ2) is 5.30. The van der Waals surface area contributed by atoms with Crippen molar-refractivity contribution in [1.29, 1.82) is 0 Å². The van der Waals surface area contributed by atoms with Gasteiger partial charge < -0.3 is 9.47 Å². The third kappa shape index (κ3) is 6.38. The highest BCUT2D eigenvalue weighted by atomic mass is 16.6. The van der Waals surface area contributed by atoms with Gasteiger partial charge in [-0.2, -0.15) is 0 Å². The second-order valence-electron chi connectivity index (χ2n) is 1.53. The number of esters is 2.